The average molecular weight is 353 g/mol. The number of hydrogen-bond acceptors (Lipinski definition) is 4. The number of carbonyl (C=O) groups excluding carboxylic acids is 1. The summed E-state index contributed by atoms with van der Waals surface area (Å²) in [4.78, 5) is 11.8. The van der Waals surface area contributed by atoms with Gasteiger partial charge in [-0.2, -0.15) is 0 Å². The Hall–Kier alpha value is -1.66. The fourth-order valence-corrected chi connectivity index (χ4v) is 2.38. The van der Waals surface area contributed by atoms with Crippen LogP contribution in [0.25, 0.3) is 0 Å². The van der Waals surface area contributed by atoms with Crippen LogP contribution in [-0.2, 0) is 9.53 Å². The summed E-state index contributed by atoms with van der Waals surface area (Å²) in [5.41, 5.74) is 0.776. The van der Waals surface area contributed by atoms with Crippen molar-refractivity contribution in [3.8, 4) is 5.75 Å². The summed E-state index contributed by atoms with van der Waals surface area (Å²) in [7, 11) is 1.63. The zero-order valence-electron chi connectivity index (χ0n) is 14.6. The first kappa shape index (κ1) is 20.4. The summed E-state index contributed by atoms with van der Waals surface area (Å²) in [6.45, 7) is 3.19. The quantitative estimate of drug-likeness (QED) is 0.467. The Bertz CT molecular complexity index is 509. The van der Waals surface area contributed by atoms with Gasteiger partial charge in [0.15, 0.2) is 5.11 Å². The molecule has 1 amide bonds. The molecule has 2 N–H and O–H groups in total. The van der Waals surface area contributed by atoms with Crippen LogP contribution in [0.3, 0.4) is 0 Å². The predicted molar refractivity (Wildman–Crippen MR) is 102 cm³/mol. The maximum absolute atomic E-state index is 11.8. The molecule has 1 aromatic carbocycles. The highest BCUT2D eigenvalue weighted by atomic mass is 32.1. The third-order valence-corrected chi connectivity index (χ3v) is 3.61. The Morgan fingerprint density at radius 3 is 2.71 bits per heavy atom. The molecule has 0 radical (unpaired) electrons. The van der Waals surface area contributed by atoms with E-state index in [0.29, 0.717) is 24.7 Å². The molecule has 0 saturated heterocycles. The van der Waals surface area contributed by atoms with Crippen molar-refractivity contribution in [2.75, 3.05) is 25.6 Å². The Balaban J connectivity index is 2.31. The van der Waals surface area contributed by atoms with Crippen LogP contribution in [0, 0.1) is 0 Å². The van der Waals surface area contributed by atoms with E-state index in [2.05, 4.69) is 17.6 Å². The fourth-order valence-electron chi connectivity index (χ4n) is 2.15. The zero-order chi connectivity index (χ0) is 17.6. The second-order valence-corrected chi connectivity index (χ2v) is 5.94. The lowest BCUT2D eigenvalue weighted by Gasteiger charge is -2.11. The lowest BCUT2D eigenvalue weighted by molar-refractivity contribution is -0.119. The number of nitrogens with one attached hydrogen (secondary N) is 2. The fraction of sp³-hybridized carbons (Fsp3) is 0.556. The first-order chi connectivity index (χ1) is 11.7. The molecule has 6 heteroatoms. The maximum Gasteiger partial charge on any atom is 0.226 e. The molecule has 1 rings (SSSR count). The van der Waals surface area contributed by atoms with E-state index in [9.17, 15) is 4.79 Å². The van der Waals surface area contributed by atoms with E-state index in [1.807, 2.05) is 24.3 Å². The first-order valence-electron chi connectivity index (χ1n) is 8.48. The van der Waals surface area contributed by atoms with Gasteiger partial charge in [0.25, 0.3) is 0 Å². The van der Waals surface area contributed by atoms with Gasteiger partial charge in [-0.15, -0.1) is 0 Å². The second kappa shape index (κ2) is 12.7. The van der Waals surface area contributed by atoms with Gasteiger partial charge in [-0.05, 0) is 30.8 Å². The molecule has 0 saturated carbocycles. The van der Waals surface area contributed by atoms with Crippen molar-refractivity contribution >= 4 is 28.9 Å². The van der Waals surface area contributed by atoms with E-state index in [1.54, 1.807) is 7.11 Å². The second-order valence-electron chi connectivity index (χ2n) is 5.54. The van der Waals surface area contributed by atoms with Crippen LogP contribution >= 0.6 is 12.2 Å². The van der Waals surface area contributed by atoms with Crippen LogP contribution in [0.4, 0.5) is 5.69 Å². The summed E-state index contributed by atoms with van der Waals surface area (Å²) < 4.78 is 10.5. The largest absolute Gasteiger partial charge is 0.491 e. The van der Waals surface area contributed by atoms with E-state index in [4.69, 9.17) is 21.7 Å². The molecule has 134 valence electrons. The number of carbonyl (C=O) groups is 1. The van der Waals surface area contributed by atoms with Crippen molar-refractivity contribution in [3.63, 3.8) is 0 Å². The van der Waals surface area contributed by atoms with Gasteiger partial charge in [-0.25, -0.2) is 0 Å². The zero-order valence-corrected chi connectivity index (χ0v) is 15.4. The summed E-state index contributed by atoms with van der Waals surface area (Å²) in [5.74, 6) is 0.679. The normalized spacial score (nSPS) is 10.2. The smallest absolute Gasteiger partial charge is 0.226 e. The summed E-state index contributed by atoms with van der Waals surface area (Å²) >= 11 is 5.18. The maximum atomic E-state index is 11.8. The monoisotopic (exact) mass is 352 g/mol. The molecule has 0 atom stereocenters. The van der Waals surface area contributed by atoms with E-state index in [1.165, 1.54) is 19.3 Å². The number of amides is 1. The highest BCUT2D eigenvalue weighted by molar-refractivity contribution is 7.80. The van der Waals surface area contributed by atoms with E-state index in [0.717, 1.165) is 24.3 Å². The third kappa shape index (κ3) is 9.47. The summed E-state index contributed by atoms with van der Waals surface area (Å²) in [6.07, 6.45) is 6.10. The Labute approximate surface area is 150 Å². The molecule has 0 fully saturated rings. The molecular formula is C18H28N2O3S. The van der Waals surface area contributed by atoms with Gasteiger partial charge in [-0.1, -0.05) is 38.7 Å². The van der Waals surface area contributed by atoms with Crippen molar-refractivity contribution in [3.05, 3.63) is 24.3 Å². The van der Waals surface area contributed by atoms with Crippen molar-refractivity contribution in [1.82, 2.24) is 5.32 Å². The van der Waals surface area contributed by atoms with Gasteiger partial charge in [0.05, 0.1) is 6.61 Å². The minimum atomic E-state index is -0.0449. The van der Waals surface area contributed by atoms with Crippen molar-refractivity contribution in [2.24, 2.45) is 0 Å². The molecule has 5 nitrogen and oxygen atoms in total. The molecule has 0 unspecified atom stereocenters. The molecule has 0 heterocycles. The summed E-state index contributed by atoms with van der Waals surface area (Å²) in [6, 6.07) is 7.42. The lowest BCUT2D eigenvalue weighted by atomic mass is 10.1. The SMILES string of the molecule is CCCCCCCC(=O)NC(=S)Nc1cccc(OCCOC)c1. The summed E-state index contributed by atoms with van der Waals surface area (Å²) in [5, 5.41) is 6.02. The highest BCUT2D eigenvalue weighted by Gasteiger charge is 2.05. The first-order valence-corrected chi connectivity index (χ1v) is 8.89. The number of methoxy groups -OCH3 is 1. The van der Waals surface area contributed by atoms with Gasteiger partial charge in [0, 0.05) is 25.3 Å². The van der Waals surface area contributed by atoms with Gasteiger partial charge in [0.1, 0.15) is 12.4 Å². The van der Waals surface area contributed by atoms with Crippen LogP contribution in [0.1, 0.15) is 45.4 Å². The van der Waals surface area contributed by atoms with Crippen molar-refractivity contribution in [2.45, 2.75) is 45.4 Å². The Kier molecular flexibility index (Phi) is 10.8. The highest BCUT2D eigenvalue weighted by Crippen LogP contribution is 2.17. The number of rotatable bonds is 11. The van der Waals surface area contributed by atoms with Crippen LogP contribution in [0.15, 0.2) is 24.3 Å². The number of unbranched alkanes of at least 4 members (excludes halogenated alkanes) is 4. The number of anilines is 1. The van der Waals surface area contributed by atoms with Gasteiger partial charge in [-0.3, -0.25) is 4.79 Å². The van der Waals surface area contributed by atoms with Gasteiger partial charge in [0.2, 0.25) is 5.91 Å². The Morgan fingerprint density at radius 2 is 1.96 bits per heavy atom. The molecule has 0 bridgehead atoms. The molecule has 0 aliphatic heterocycles. The van der Waals surface area contributed by atoms with Crippen LogP contribution in [0.2, 0.25) is 0 Å². The van der Waals surface area contributed by atoms with Gasteiger partial charge >= 0.3 is 0 Å². The van der Waals surface area contributed by atoms with E-state index < -0.39 is 0 Å². The lowest BCUT2D eigenvalue weighted by Crippen LogP contribution is -2.33. The number of benzene rings is 1. The molecular weight excluding hydrogens is 324 g/mol. The number of thiocarbonyl (C=S) groups is 1. The number of hydrogen-bond donors (Lipinski definition) is 2. The minimum absolute atomic E-state index is 0.0449. The topological polar surface area (TPSA) is 59.6 Å². The third-order valence-electron chi connectivity index (χ3n) is 3.41. The molecule has 0 aromatic heterocycles. The van der Waals surface area contributed by atoms with Gasteiger partial charge < -0.3 is 20.1 Å². The Morgan fingerprint density at radius 1 is 1.17 bits per heavy atom. The van der Waals surface area contributed by atoms with Crippen molar-refractivity contribution < 1.29 is 14.3 Å². The average Bonchev–Trinajstić information content (AvgIpc) is 2.55. The van der Waals surface area contributed by atoms with Crippen LogP contribution in [-0.4, -0.2) is 31.3 Å². The standard InChI is InChI=1S/C18H28N2O3S/c1-3-4-5-6-7-11-17(21)20-18(24)19-15-9-8-10-16(14-15)23-13-12-22-2/h8-10,14H,3-7,11-13H2,1-2H3,(H2,19,20,21,24). The van der Waals surface area contributed by atoms with E-state index >= 15 is 0 Å². The van der Waals surface area contributed by atoms with Crippen LogP contribution < -0.4 is 15.4 Å². The number of ether oxygens (including phenoxy) is 2. The molecule has 1 aromatic rings. The predicted octanol–water partition coefficient (Wildman–Crippen LogP) is 3.89. The van der Waals surface area contributed by atoms with E-state index in [-0.39, 0.29) is 5.91 Å². The van der Waals surface area contributed by atoms with Crippen molar-refractivity contribution in [1.29, 1.82) is 0 Å². The minimum Gasteiger partial charge on any atom is -0.491 e. The molecule has 0 aliphatic rings. The van der Waals surface area contributed by atoms with Crippen LogP contribution in [0.5, 0.6) is 5.75 Å². The molecule has 0 spiro atoms. The molecule has 0 aliphatic carbocycles. The molecule has 24 heavy (non-hydrogen) atoms.